The summed E-state index contributed by atoms with van der Waals surface area (Å²) in [4.78, 5) is 26.8. The second kappa shape index (κ2) is 12.5. The minimum absolute atomic E-state index is 0. The number of nitriles is 1. The molecule has 0 spiro atoms. The van der Waals surface area contributed by atoms with Crippen LogP contribution in [0.1, 0.15) is 64.2 Å². The molecule has 1 saturated carbocycles. The van der Waals surface area contributed by atoms with Crippen LogP contribution in [-0.4, -0.2) is 29.1 Å². The minimum Gasteiger partial charge on any atom is -0.494 e. The van der Waals surface area contributed by atoms with Gasteiger partial charge in [0, 0.05) is 6.92 Å². The molecule has 0 aliphatic heterocycles. The number of carbonyl (C=O) groups is 2. The van der Waals surface area contributed by atoms with Gasteiger partial charge in [0.1, 0.15) is 5.75 Å². The van der Waals surface area contributed by atoms with Gasteiger partial charge in [-0.3, -0.25) is 14.5 Å². The maximum Gasteiger partial charge on any atom is 0.417 e. The molecular formula is C29H32F6N2O4. The summed E-state index contributed by atoms with van der Waals surface area (Å²) in [6.45, 7) is 4.24. The molecule has 41 heavy (non-hydrogen) atoms. The quantitative estimate of drug-likeness (QED) is 0.369. The Labute approximate surface area is 234 Å². The van der Waals surface area contributed by atoms with Crippen LogP contribution in [0.25, 0.3) is 0 Å². The molecule has 2 aromatic carbocycles. The number of benzene rings is 2. The highest BCUT2D eigenvalue weighted by atomic mass is 19.4. The van der Waals surface area contributed by atoms with Crippen molar-refractivity contribution in [1.29, 1.82) is 5.26 Å². The number of hydrogen-bond donors (Lipinski definition) is 1. The van der Waals surface area contributed by atoms with Gasteiger partial charge in [0.25, 0.3) is 0 Å². The third-order valence-corrected chi connectivity index (χ3v) is 7.39. The number of rotatable bonds is 6. The van der Waals surface area contributed by atoms with Crippen LogP contribution in [0.5, 0.6) is 5.75 Å². The van der Waals surface area contributed by atoms with E-state index in [1.54, 1.807) is 6.92 Å². The number of ether oxygens (including phenoxy) is 1. The highest BCUT2D eigenvalue weighted by Crippen LogP contribution is 2.44. The van der Waals surface area contributed by atoms with E-state index in [1.807, 2.05) is 0 Å². The zero-order valence-electron chi connectivity index (χ0n) is 21.9. The number of amides is 2. The lowest BCUT2D eigenvalue weighted by Crippen LogP contribution is -2.55. The first-order valence-electron chi connectivity index (χ1n) is 12.5. The van der Waals surface area contributed by atoms with Gasteiger partial charge in [0.05, 0.1) is 46.6 Å². The summed E-state index contributed by atoms with van der Waals surface area (Å²) in [5.74, 6) is -3.42. The van der Waals surface area contributed by atoms with E-state index in [0.717, 1.165) is 31.2 Å². The standard InChI is InChI=1S/C28H28F6N2O4.CH4/c1-16-18(11-13-40-22-8-5-20(6-9-22)27(29,30)31)10-12-26(3,39)24(16)25(38)36(17(2)37)21-7-4-19(15-35)23(14-21)28(32,33)34;/h4-9,14,16,18,24,39H,10-13H2,1-3H3;1H4/t16-,18?,24?,26?;/m0./s1. The van der Waals surface area contributed by atoms with E-state index in [1.165, 1.54) is 25.1 Å². The van der Waals surface area contributed by atoms with Crippen LogP contribution >= 0.6 is 0 Å². The SMILES string of the molecule is C.CC(=O)N(C(=O)C1[C@@H](C)C(CCOc2ccc(C(F)(F)F)cc2)CCC1(C)O)c1ccc(C#N)c(C(F)(F)F)c1. The van der Waals surface area contributed by atoms with Crippen molar-refractivity contribution in [2.45, 2.75) is 65.4 Å². The zero-order chi connectivity index (χ0) is 30.0. The van der Waals surface area contributed by atoms with Gasteiger partial charge < -0.3 is 9.84 Å². The van der Waals surface area contributed by atoms with Crippen LogP contribution in [0.15, 0.2) is 42.5 Å². The largest absolute Gasteiger partial charge is 0.494 e. The Kier molecular flexibility index (Phi) is 10.3. The monoisotopic (exact) mass is 586 g/mol. The fraction of sp³-hybridized carbons (Fsp3) is 0.483. The maximum atomic E-state index is 13.7. The number of carbonyl (C=O) groups excluding carboxylic acids is 2. The predicted octanol–water partition coefficient (Wildman–Crippen LogP) is 6.99. The summed E-state index contributed by atoms with van der Waals surface area (Å²) in [5, 5.41) is 20.2. The van der Waals surface area contributed by atoms with Crippen LogP contribution in [0, 0.1) is 29.1 Å². The molecule has 6 nitrogen and oxygen atoms in total. The maximum absolute atomic E-state index is 13.7. The van der Waals surface area contributed by atoms with Gasteiger partial charge in [-0.15, -0.1) is 0 Å². The average molecular weight is 587 g/mol. The molecule has 2 aromatic rings. The van der Waals surface area contributed by atoms with Gasteiger partial charge in [-0.05, 0) is 80.5 Å². The Hall–Kier alpha value is -3.59. The summed E-state index contributed by atoms with van der Waals surface area (Å²) in [7, 11) is 0. The Morgan fingerprint density at radius 1 is 1.10 bits per heavy atom. The van der Waals surface area contributed by atoms with Crippen molar-refractivity contribution in [3.05, 3.63) is 59.2 Å². The van der Waals surface area contributed by atoms with Gasteiger partial charge in [0.15, 0.2) is 0 Å². The third kappa shape index (κ3) is 7.58. The Morgan fingerprint density at radius 2 is 1.71 bits per heavy atom. The molecule has 1 N–H and O–H groups in total. The smallest absolute Gasteiger partial charge is 0.417 e. The summed E-state index contributed by atoms with van der Waals surface area (Å²) in [6.07, 6.45) is -8.38. The first kappa shape index (κ1) is 33.6. The van der Waals surface area contributed by atoms with Crippen LogP contribution in [0.4, 0.5) is 32.0 Å². The molecule has 3 unspecified atom stereocenters. The molecule has 0 saturated heterocycles. The van der Waals surface area contributed by atoms with Gasteiger partial charge >= 0.3 is 12.4 Å². The van der Waals surface area contributed by atoms with Crippen molar-refractivity contribution < 1.29 is 45.8 Å². The number of halogens is 6. The normalized spacial score (nSPS) is 22.7. The number of anilines is 1. The van der Waals surface area contributed by atoms with Crippen molar-refractivity contribution >= 4 is 17.5 Å². The topological polar surface area (TPSA) is 90.6 Å². The van der Waals surface area contributed by atoms with Crippen LogP contribution in [0.2, 0.25) is 0 Å². The molecule has 0 aromatic heterocycles. The molecular weight excluding hydrogens is 554 g/mol. The molecule has 2 amide bonds. The lowest BCUT2D eigenvalue weighted by molar-refractivity contribution is -0.145. The van der Waals surface area contributed by atoms with Gasteiger partial charge in [-0.2, -0.15) is 31.6 Å². The molecule has 0 bridgehead atoms. The number of hydrogen-bond acceptors (Lipinski definition) is 5. The molecule has 12 heteroatoms. The summed E-state index contributed by atoms with van der Waals surface area (Å²) in [6, 6.07) is 8.15. The van der Waals surface area contributed by atoms with E-state index in [9.17, 15) is 41.0 Å². The second-order valence-corrected chi connectivity index (χ2v) is 10.2. The van der Waals surface area contributed by atoms with Crippen molar-refractivity contribution in [3.63, 3.8) is 0 Å². The van der Waals surface area contributed by atoms with Crippen LogP contribution < -0.4 is 9.64 Å². The molecule has 1 aliphatic rings. The second-order valence-electron chi connectivity index (χ2n) is 10.2. The van der Waals surface area contributed by atoms with Crippen molar-refractivity contribution in [2.75, 3.05) is 11.5 Å². The van der Waals surface area contributed by atoms with Crippen molar-refractivity contribution in [3.8, 4) is 11.8 Å². The fourth-order valence-corrected chi connectivity index (χ4v) is 5.31. The molecule has 224 valence electrons. The van der Waals surface area contributed by atoms with E-state index in [0.29, 0.717) is 23.8 Å². The van der Waals surface area contributed by atoms with E-state index in [-0.39, 0.29) is 37.8 Å². The molecule has 4 atom stereocenters. The van der Waals surface area contributed by atoms with Crippen molar-refractivity contribution in [1.82, 2.24) is 0 Å². The fourth-order valence-electron chi connectivity index (χ4n) is 5.31. The summed E-state index contributed by atoms with van der Waals surface area (Å²) < 4.78 is 84.5. The Morgan fingerprint density at radius 3 is 2.22 bits per heavy atom. The van der Waals surface area contributed by atoms with E-state index < -0.39 is 58.3 Å². The molecule has 1 fully saturated rings. The lowest BCUT2D eigenvalue weighted by Gasteiger charge is -2.46. The van der Waals surface area contributed by atoms with Gasteiger partial charge in [-0.25, -0.2) is 0 Å². The Balaban J connectivity index is 0.00000588. The first-order chi connectivity index (χ1) is 18.5. The lowest BCUT2D eigenvalue weighted by atomic mass is 9.64. The number of alkyl halides is 6. The number of aliphatic hydroxyl groups is 1. The van der Waals surface area contributed by atoms with E-state index in [2.05, 4.69) is 0 Å². The average Bonchev–Trinajstić information content (AvgIpc) is 2.84. The van der Waals surface area contributed by atoms with Crippen molar-refractivity contribution in [2.24, 2.45) is 17.8 Å². The van der Waals surface area contributed by atoms with Gasteiger partial charge in [0.2, 0.25) is 11.8 Å². The molecule has 0 heterocycles. The predicted molar refractivity (Wildman–Crippen MR) is 139 cm³/mol. The minimum atomic E-state index is -4.91. The number of nitrogens with zero attached hydrogens (tertiary/aromatic N) is 2. The van der Waals surface area contributed by atoms with Gasteiger partial charge in [-0.1, -0.05) is 14.4 Å². The van der Waals surface area contributed by atoms with Crippen LogP contribution in [0.3, 0.4) is 0 Å². The highest BCUT2D eigenvalue weighted by molar-refractivity contribution is 6.15. The highest BCUT2D eigenvalue weighted by Gasteiger charge is 2.49. The first-order valence-corrected chi connectivity index (χ1v) is 12.5. The molecule has 3 rings (SSSR count). The summed E-state index contributed by atoms with van der Waals surface area (Å²) in [5.41, 5.74) is -4.73. The zero-order valence-corrected chi connectivity index (χ0v) is 21.9. The van der Waals surface area contributed by atoms with Crippen LogP contribution in [-0.2, 0) is 21.9 Å². The summed E-state index contributed by atoms with van der Waals surface area (Å²) >= 11 is 0. The van der Waals surface area contributed by atoms with E-state index >= 15 is 0 Å². The molecule has 0 radical (unpaired) electrons. The van der Waals surface area contributed by atoms with E-state index in [4.69, 9.17) is 10.00 Å². The third-order valence-electron chi connectivity index (χ3n) is 7.39. The Bertz CT molecular complexity index is 1280. The molecule has 1 aliphatic carbocycles. The number of imide groups is 1.